The molecule has 3 atom stereocenters. The molecule has 134 valence electrons. The predicted octanol–water partition coefficient (Wildman–Crippen LogP) is 6.62. The van der Waals surface area contributed by atoms with Gasteiger partial charge in [0, 0.05) is 27.7 Å². The molecule has 27 heavy (non-hydrogen) atoms. The van der Waals surface area contributed by atoms with Crippen LogP contribution in [0, 0.1) is 11.3 Å². The van der Waals surface area contributed by atoms with E-state index in [-0.39, 0.29) is 5.41 Å². The quantitative estimate of drug-likeness (QED) is 0.437. The minimum absolute atomic E-state index is 0.154. The number of benzene rings is 2. The van der Waals surface area contributed by atoms with Crippen LogP contribution in [-0.4, -0.2) is 10.9 Å². The number of alkyl halides is 1. The summed E-state index contributed by atoms with van der Waals surface area (Å²) in [5, 5.41) is 2.71. The number of allylic oxidation sites excluding steroid dienone is 5. The van der Waals surface area contributed by atoms with Gasteiger partial charge in [0.1, 0.15) is 0 Å². The highest BCUT2D eigenvalue weighted by Crippen LogP contribution is 2.59. The van der Waals surface area contributed by atoms with Crippen molar-refractivity contribution in [2.75, 3.05) is 4.90 Å². The fraction of sp³-hybridized carbons (Fsp3) is 0.280. The van der Waals surface area contributed by atoms with Gasteiger partial charge in [-0.3, -0.25) is 0 Å². The van der Waals surface area contributed by atoms with Crippen molar-refractivity contribution in [3.05, 3.63) is 83.6 Å². The zero-order chi connectivity index (χ0) is 18.3. The van der Waals surface area contributed by atoms with Crippen LogP contribution in [0.4, 0.5) is 5.69 Å². The lowest BCUT2D eigenvalue weighted by Gasteiger charge is -2.51. The standard InChI is InChI=1S/C25H22BrN/c1-25(2)19-9-5-8-18-23-17-7-4-3-6-15(17)10-12-22(23)27(24(18)19)21-13-11-16(26)14-20(21)25/h3-13,16,19,24H,14H2,1-2H3. The van der Waals surface area contributed by atoms with Crippen molar-refractivity contribution < 1.29 is 0 Å². The topological polar surface area (TPSA) is 3.24 Å². The van der Waals surface area contributed by atoms with E-state index in [2.05, 4.69) is 101 Å². The van der Waals surface area contributed by atoms with E-state index < -0.39 is 0 Å². The molecule has 0 fully saturated rings. The van der Waals surface area contributed by atoms with Crippen LogP contribution in [0.15, 0.2) is 78.0 Å². The van der Waals surface area contributed by atoms with Gasteiger partial charge in [-0.25, -0.2) is 0 Å². The van der Waals surface area contributed by atoms with Gasteiger partial charge in [-0.15, -0.1) is 0 Å². The van der Waals surface area contributed by atoms with Crippen molar-refractivity contribution in [1.82, 2.24) is 0 Å². The summed E-state index contributed by atoms with van der Waals surface area (Å²) in [7, 11) is 0. The Morgan fingerprint density at radius 2 is 1.93 bits per heavy atom. The Morgan fingerprint density at radius 1 is 1.07 bits per heavy atom. The molecule has 0 N–H and O–H groups in total. The van der Waals surface area contributed by atoms with Crippen molar-refractivity contribution in [3.8, 4) is 0 Å². The number of nitrogens with zero attached hydrogens (tertiary/aromatic N) is 1. The number of hydrogen-bond acceptors (Lipinski definition) is 1. The molecule has 2 heteroatoms. The first-order valence-electron chi connectivity index (χ1n) is 9.83. The van der Waals surface area contributed by atoms with Gasteiger partial charge < -0.3 is 4.90 Å². The number of fused-ring (bicyclic) bond motifs is 6. The Morgan fingerprint density at radius 3 is 2.81 bits per heavy atom. The van der Waals surface area contributed by atoms with E-state index in [1.165, 1.54) is 33.3 Å². The Balaban J connectivity index is 1.70. The number of rotatable bonds is 0. The smallest absolute Gasteiger partial charge is 0.0669 e. The maximum absolute atomic E-state index is 3.84. The molecule has 2 aromatic rings. The molecular weight excluding hydrogens is 394 g/mol. The lowest BCUT2D eigenvalue weighted by molar-refractivity contribution is 0.270. The third kappa shape index (κ3) is 1.95. The average Bonchev–Trinajstić information content (AvgIpc) is 3.02. The average molecular weight is 416 g/mol. The molecule has 2 aliphatic carbocycles. The SMILES string of the molecule is CC1(C)C2=C(C=CC(Br)C2)N2c3ccc4ccccc4c3C3=CC=CC1C32. The zero-order valence-corrected chi connectivity index (χ0v) is 17.2. The third-order valence-corrected chi connectivity index (χ3v) is 7.66. The minimum atomic E-state index is 0.154. The molecular formula is C25H22BrN. The molecule has 1 nitrogen and oxygen atoms in total. The van der Waals surface area contributed by atoms with E-state index in [9.17, 15) is 0 Å². The van der Waals surface area contributed by atoms with Gasteiger partial charge in [0.25, 0.3) is 0 Å². The molecule has 2 aromatic carbocycles. The van der Waals surface area contributed by atoms with E-state index in [1.807, 2.05) is 0 Å². The van der Waals surface area contributed by atoms with Crippen molar-refractivity contribution >= 4 is 38.0 Å². The molecule has 0 saturated heterocycles. The monoisotopic (exact) mass is 415 g/mol. The Hall–Kier alpha value is -2.06. The highest BCUT2D eigenvalue weighted by Gasteiger charge is 2.52. The van der Waals surface area contributed by atoms with Crippen molar-refractivity contribution in [2.24, 2.45) is 11.3 Å². The normalized spacial score (nSPS) is 29.5. The minimum Gasteiger partial charge on any atom is -0.333 e. The van der Waals surface area contributed by atoms with E-state index in [0.717, 1.165) is 6.42 Å². The Labute approximate surface area is 168 Å². The van der Waals surface area contributed by atoms with Crippen LogP contribution >= 0.6 is 15.9 Å². The van der Waals surface area contributed by atoms with Crippen molar-refractivity contribution in [3.63, 3.8) is 0 Å². The summed E-state index contributed by atoms with van der Waals surface area (Å²) in [6.45, 7) is 4.88. The maximum atomic E-state index is 3.84. The van der Waals surface area contributed by atoms with E-state index in [1.54, 1.807) is 5.57 Å². The van der Waals surface area contributed by atoms with Crippen LogP contribution in [0.3, 0.4) is 0 Å². The van der Waals surface area contributed by atoms with E-state index in [0.29, 0.717) is 16.8 Å². The summed E-state index contributed by atoms with van der Waals surface area (Å²) in [5.74, 6) is 0.494. The molecule has 3 unspecified atom stereocenters. The Bertz CT molecular complexity index is 1110. The fourth-order valence-corrected chi connectivity index (χ4v) is 6.20. The van der Waals surface area contributed by atoms with Gasteiger partial charge in [-0.1, -0.05) is 84.4 Å². The molecule has 0 saturated carbocycles. The van der Waals surface area contributed by atoms with Crippen molar-refractivity contribution in [2.45, 2.75) is 31.1 Å². The van der Waals surface area contributed by atoms with Gasteiger partial charge >= 0.3 is 0 Å². The number of anilines is 1. The van der Waals surface area contributed by atoms with Gasteiger partial charge in [-0.2, -0.15) is 0 Å². The first-order chi connectivity index (χ1) is 13.1. The molecule has 6 rings (SSSR count). The molecule has 2 heterocycles. The van der Waals surface area contributed by atoms with Crippen molar-refractivity contribution in [1.29, 1.82) is 0 Å². The van der Waals surface area contributed by atoms with Crippen LogP contribution in [-0.2, 0) is 0 Å². The maximum Gasteiger partial charge on any atom is 0.0669 e. The molecule has 2 aliphatic heterocycles. The van der Waals surface area contributed by atoms with E-state index >= 15 is 0 Å². The van der Waals surface area contributed by atoms with Crippen LogP contribution in [0.1, 0.15) is 25.8 Å². The summed E-state index contributed by atoms with van der Waals surface area (Å²) in [5.41, 5.74) is 7.46. The summed E-state index contributed by atoms with van der Waals surface area (Å²) in [6.07, 6.45) is 12.9. The highest BCUT2D eigenvalue weighted by molar-refractivity contribution is 9.09. The molecule has 0 spiro atoms. The second-order valence-electron chi connectivity index (χ2n) is 8.69. The fourth-order valence-electron chi connectivity index (χ4n) is 5.72. The predicted molar refractivity (Wildman–Crippen MR) is 118 cm³/mol. The van der Waals surface area contributed by atoms with Crippen LogP contribution in [0.2, 0.25) is 0 Å². The summed E-state index contributed by atoms with van der Waals surface area (Å²) in [4.78, 5) is 3.07. The number of hydrogen-bond donors (Lipinski definition) is 0. The van der Waals surface area contributed by atoms with Gasteiger partial charge in [0.2, 0.25) is 0 Å². The molecule has 0 bridgehead atoms. The first-order valence-corrected chi connectivity index (χ1v) is 10.7. The molecule has 0 aromatic heterocycles. The largest absolute Gasteiger partial charge is 0.333 e. The Kier molecular flexibility index (Phi) is 3.11. The van der Waals surface area contributed by atoms with Crippen LogP contribution in [0.5, 0.6) is 0 Å². The molecule has 4 aliphatic rings. The lowest BCUT2D eigenvalue weighted by atomic mass is 9.62. The molecule has 0 amide bonds. The van der Waals surface area contributed by atoms with Crippen LogP contribution in [0.25, 0.3) is 16.3 Å². The highest BCUT2D eigenvalue weighted by atomic mass is 79.9. The van der Waals surface area contributed by atoms with Gasteiger partial charge in [-0.05, 0) is 45.9 Å². The van der Waals surface area contributed by atoms with Crippen LogP contribution < -0.4 is 4.90 Å². The summed E-state index contributed by atoms with van der Waals surface area (Å²) in [6, 6.07) is 13.8. The zero-order valence-electron chi connectivity index (χ0n) is 15.6. The third-order valence-electron chi connectivity index (χ3n) is 7.03. The van der Waals surface area contributed by atoms with E-state index in [4.69, 9.17) is 0 Å². The second-order valence-corrected chi connectivity index (χ2v) is 9.87. The van der Waals surface area contributed by atoms with Gasteiger partial charge in [0.15, 0.2) is 0 Å². The number of halogens is 1. The first kappa shape index (κ1) is 15.9. The summed E-state index contributed by atoms with van der Waals surface area (Å²) < 4.78 is 0. The van der Waals surface area contributed by atoms with Gasteiger partial charge in [0.05, 0.1) is 6.04 Å². The molecule has 0 radical (unpaired) electrons. The second kappa shape index (κ2) is 5.26. The lowest BCUT2D eigenvalue weighted by Crippen LogP contribution is -2.50. The summed E-state index contributed by atoms with van der Waals surface area (Å²) >= 11 is 3.84.